The van der Waals surface area contributed by atoms with Crippen molar-refractivity contribution in [1.82, 2.24) is 10.6 Å². The first kappa shape index (κ1) is 15.8. The highest BCUT2D eigenvalue weighted by Crippen LogP contribution is 2.15. The molecule has 4 nitrogen and oxygen atoms in total. The summed E-state index contributed by atoms with van der Waals surface area (Å²) >= 11 is 0. The Morgan fingerprint density at radius 3 is 3.05 bits per heavy atom. The van der Waals surface area contributed by atoms with Gasteiger partial charge in [0.15, 0.2) is 11.6 Å². The lowest BCUT2D eigenvalue weighted by Crippen LogP contribution is -2.48. The highest BCUT2D eigenvalue weighted by Gasteiger charge is 2.22. The number of hydrogen-bond acceptors (Lipinski definition) is 3. The average Bonchev–Trinajstić information content (AvgIpc) is 2.48. The number of carbonyl (C=O) groups is 1. The molecule has 2 N–H and O–H groups in total. The molecule has 5 heteroatoms. The molecule has 2 unspecified atom stereocenters. The highest BCUT2D eigenvalue weighted by atomic mass is 19.1. The second-order valence-corrected chi connectivity index (χ2v) is 5.53. The van der Waals surface area contributed by atoms with E-state index in [4.69, 9.17) is 4.74 Å². The minimum Gasteiger partial charge on any atom is -0.491 e. The fourth-order valence-corrected chi connectivity index (χ4v) is 2.48. The fourth-order valence-electron chi connectivity index (χ4n) is 2.48. The fraction of sp³-hybridized carbons (Fsp3) is 0.562. The van der Waals surface area contributed by atoms with Crippen molar-refractivity contribution in [3.8, 4) is 5.75 Å². The summed E-state index contributed by atoms with van der Waals surface area (Å²) in [4.78, 5) is 11.9. The number of benzene rings is 1. The van der Waals surface area contributed by atoms with Crippen LogP contribution in [-0.4, -0.2) is 31.6 Å². The van der Waals surface area contributed by atoms with Gasteiger partial charge in [0.05, 0.1) is 6.61 Å². The molecule has 21 heavy (non-hydrogen) atoms. The lowest BCUT2D eigenvalue weighted by Gasteiger charge is -2.30. The Morgan fingerprint density at radius 2 is 2.29 bits per heavy atom. The summed E-state index contributed by atoms with van der Waals surface area (Å²) in [6, 6.07) is 6.55. The first-order valence-electron chi connectivity index (χ1n) is 7.54. The zero-order valence-corrected chi connectivity index (χ0v) is 12.4. The molecular weight excluding hydrogens is 271 g/mol. The monoisotopic (exact) mass is 294 g/mol. The molecule has 1 heterocycles. The third kappa shape index (κ3) is 5.01. The van der Waals surface area contributed by atoms with Crippen molar-refractivity contribution in [1.29, 1.82) is 0 Å². The number of rotatable bonds is 6. The Bertz CT molecular complexity index is 467. The van der Waals surface area contributed by atoms with Gasteiger partial charge in [-0.05, 0) is 44.0 Å². The summed E-state index contributed by atoms with van der Waals surface area (Å²) in [5, 5.41) is 6.38. The van der Waals surface area contributed by atoms with E-state index in [1.54, 1.807) is 18.2 Å². The van der Waals surface area contributed by atoms with Crippen molar-refractivity contribution in [3.05, 3.63) is 30.1 Å². The second kappa shape index (κ2) is 7.98. The lowest BCUT2D eigenvalue weighted by atomic mass is 9.95. The number of ether oxygens (including phenoxy) is 1. The van der Waals surface area contributed by atoms with Crippen LogP contribution in [-0.2, 0) is 4.79 Å². The molecule has 0 spiro atoms. The SMILES string of the molecule is CC1CNCCC1NC(=O)CCCOc1ccccc1F. The van der Waals surface area contributed by atoms with Gasteiger partial charge in [-0.1, -0.05) is 19.1 Å². The zero-order chi connectivity index (χ0) is 15.1. The summed E-state index contributed by atoms with van der Waals surface area (Å²) in [7, 11) is 0. The van der Waals surface area contributed by atoms with Crippen molar-refractivity contribution in [2.75, 3.05) is 19.7 Å². The molecule has 1 amide bonds. The first-order chi connectivity index (χ1) is 10.2. The summed E-state index contributed by atoms with van der Waals surface area (Å²) in [5.74, 6) is 0.374. The third-order valence-corrected chi connectivity index (χ3v) is 3.77. The van der Waals surface area contributed by atoms with E-state index in [2.05, 4.69) is 17.6 Å². The van der Waals surface area contributed by atoms with Crippen molar-refractivity contribution in [2.24, 2.45) is 5.92 Å². The number of halogens is 1. The van der Waals surface area contributed by atoms with E-state index in [0.717, 1.165) is 19.5 Å². The molecule has 2 rings (SSSR count). The van der Waals surface area contributed by atoms with Crippen molar-refractivity contribution < 1.29 is 13.9 Å². The van der Waals surface area contributed by atoms with Crippen LogP contribution in [0, 0.1) is 11.7 Å². The van der Waals surface area contributed by atoms with E-state index in [0.29, 0.717) is 25.4 Å². The van der Waals surface area contributed by atoms with Crippen LogP contribution in [0.4, 0.5) is 4.39 Å². The highest BCUT2D eigenvalue weighted by molar-refractivity contribution is 5.76. The minimum absolute atomic E-state index is 0.0471. The van der Waals surface area contributed by atoms with Crippen LogP contribution in [0.3, 0.4) is 0 Å². The van der Waals surface area contributed by atoms with Gasteiger partial charge in [0.2, 0.25) is 5.91 Å². The maximum atomic E-state index is 13.3. The van der Waals surface area contributed by atoms with Crippen LogP contribution in [0.25, 0.3) is 0 Å². The summed E-state index contributed by atoms with van der Waals surface area (Å²) in [6.07, 6.45) is 1.96. The van der Waals surface area contributed by atoms with E-state index in [1.165, 1.54) is 6.07 Å². The van der Waals surface area contributed by atoms with Crippen molar-refractivity contribution in [3.63, 3.8) is 0 Å². The molecule has 0 radical (unpaired) electrons. The van der Waals surface area contributed by atoms with Gasteiger partial charge in [0.1, 0.15) is 0 Å². The smallest absolute Gasteiger partial charge is 0.220 e. The topological polar surface area (TPSA) is 50.4 Å². The zero-order valence-electron chi connectivity index (χ0n) is 12.4. The van der Waals surface area contributed by atoms with Gasteiger partial charge in [0, 0.05) is 12.5 Å². The summed E-state index contributed by atoms with van der Waals surface area (Å²) in [6.45, 7) is 4.38. The molecule has 116 valence electrons. The Balaban J connectivity index is 1.64. The van der Waals surface area contributed by atoms with Gasteiger partial charge in [-0.3, -0.25) is 4.79 Å². The van der Waals surface area contributed by atoms with E-state index in [9.17, 15) is 9.18 Å². The maximum absolute atomic E-state index is 13.3. The molecule has 1 aromatic rings. The van der Waals surface area contributed by atoms with E-state index in [1.807, 2.05) is 0 Å². The Hall–Kier alpha value is -1.62. The van der Waals surface area contributed by atoms with Gasteiger partial charge < -0.3 is 15.4 Å². The molecule has 0 bridgehead atoms. The maximum Gasteiger partial charge on any atom is 0.220 e. The minimum atomic E-state index is -0.370. The molecule has 1 aliphatic heterocycles. The molecule has 0 saturated carbocycles. The molecule has 1 saturated heterocycles. The van der Waals surface area contributed by atoms with Crippen LogP contribution in [0.5, 0.6) is 5.75 Å². The van der Waals surface area contributed by atoms with Gasteiger partial charge >= 0.3 is 0 Å². The van der Waals surface area contributed by atoms with Crippen LogP contribution >= 0.6 is 0 Å². The summed E-state index contributed by atoms with van der Waals surface area (Å²) in [5.41, 5.74) is 0. The van der Waals surface area contributed by atoms with E-state index >= 15 is 0 Å². The van der Waals surface area contributed by atoms with Crippen molar-refractivity contribution in [2.45, 2.75) is 32.2 Å². The number of amides is 1. The van der Waals surface area contributed by atoms with Gasteiger partial charge in [0.25, 0.3) is 0 Å². The molecular formula is C16H23FN2O2. The largest absolute Gasteiger partial charge is 0.491 e. The lowest BCUT2D eigenvalue weighted by molar-refractivity contribution is -0.122. The van der Waals surface area contributed by atoms with Crippen LogP contribution < -0.4 is 15.4 Å². The number of nitrogens with one attached hydrogen (secondary N) is 2. The molecule has 0 aliphatic carbocycles. The van der Waals surface area contributed by atoms with Gasteiger partial charge in [-0.15, -0.1) is 0 Å². The van der Waals surface area contributed by atoms with E-state index in [-0.39, 0.29) is 23.5 Å². The predicted octanol–water partition coefficient (Wildman–Crippen LogP) is 2.10. The van der Waals surface area contributed by atoms with E-state index < -0.39 is 0 Å². The normalized spacial score (nSPS) is 21.8. The molecule has 1 aromatic carbocycles. The van der Waals surface area contributed by atoms with Gasteiger partial charge in [-0.25, -0.2) is 4.39 Å². The average molecular weight is 294 g/mol. The molecule has 2 atom stereocenters. The van der Waals surface area contributed by atoms with Crippen LogP contribution in [0.15, 0.2) is 24.3 Å². The number of carbonyl (C=O) groups excluding carboxylic acids is 1. The van der Waals surface area contributed by atoms with Gasteiger partial charge in [-0.2, -0.15) is 0 Å². The Kier molecular flexibility index (Phi) is 5.99. The summed E-state index contributed by atoms with van der Waals surface area (Å²) < 4.78 is 18.7. The number of piperidine rings is 1. The van der Waals surface area contributed by atoms with Crippen LogP contribution in [0.2, 0.25) is 0 Å². The standard InChI is InChI=1S/C16H23FN2O2/c1-12-11-18-9-8-14(12)19-16(20)7-4-10-21-15-6-3-2-5-13(15)17/h2-3,5-6,12,14,18H,4,7-11H2,1H3,(H,19,20). The first-order valence-corrected chi connectivity index (χ1v) is 7.54. The number of hydrogen-bond donors (Lipinski definition) is 2. The Labute approximate surface area is 125 Å². The van der Waals surface area contributed by atoms with Crippen molar-refractivity contribution >= 4 is 5.91 Å². The van der Waals surface area contributed by atoms with Crippen LogP contribution in [0.1, 0.15) is 26.2 Å². The quantitative estimate of drug-likeness (QED) is 0.790. The third-order valence-electron chi connectivity index (χ3n) is 3.77. The predicted molar refractivity (Wildman–Crippen MR) is 79.7 cm³/mol. The number of para-hydroxylation sites is 1. The molecule has 0 aromatic heterocycles. The molecule has 1 fully saturated rings. The second-order valence-electron chi connectivity index (χ2n) is 5.53. The molecule has 1 aliphatic rings. The Morgan fingerprint density at radius 1 is 1.48 bits per heavy atom.